The van der Waals surface area contributed by atoms with Crippen LogP contribution in [0.25, 0.3) is 0 Å². The van der Waals surface area contributed by atoms with Crippen molar-refractivity contribution in [3.63, 3.8) is 0 Å². The minimum Gasteiger partial charge on any atom is -0.460 e. The fourth-order valence-corrected chi connectivity index (χ4v) is 2.08. The standard InChI is InChI=1S/C17H25ClN2O4/c1-16(2,3)15(23)20-14-13(10(18)7-8-19-14)11(21)9-12(22)24-17(4,5)6/h7-8,11,21H,9H2,1-6H3,(H,19,20,23)/t11-/m1/s1. The van der Waals surface area contributed by atoms with E-state index in [1.165, 1.54) is 12.3 Å². The molecular formula is C17H25ClN2O4. The monoisotopic (exact) mass is 356 g/mol. The summed E-state index contributed by atoms with van der Waals surface area (Å²) in [6.45, 7) is 10.5. The molecule has 6 nitrogen and oxygen atoms in total. The lowest BCUT2D eigenvalue weighted by molar-refractivity contribution is -0.157. The topological polar surface area (TPSA) is 88.5 Å². The van der Waals surface area contributed by atoms with Crippen LogP contribution in [0.1, 0.15) is 59.6 Å². The highest BCUT2D eigenvalue weighted by molar-refractivity contribution is 6.31. The smallest absolute Gasteiger partial charge is 0.309 e. The van der Waals surface area contributed by atoms with Gasteiger partial charge < -0.3 is 15.2 Å². The summed E-state index contributed by atoms with van der Waals surface area (Å²) in [6.07, 6.45) is -0.109. The molecule has 1 rings (SSSR count). The van der Waals surface area contributed by atoms with Crippen LogP contribution in [0.15, 0.2) is 12.3 Å². The van der Waals surface area contributed by atoms with Gasteiger partial charge in [0.25, 0.3) is 0 Å². The van der Waals surface area contributed by atoms with Crippen molar-refractivity contribution in [2.24, 2.45) is 5.41 Å². The molecule has 0 aliphatic rings. The first-order valence-corrected chi connectivity index (χ1v) is 8.05. The van der Waals surface area contributed by atoms with E-state index in [9.17, 15) is 14.7 Å². The van der Waals surface area contributed by atoms with E-state index >= 15 is 0 Å². The Morgan fingerprint density at radius 2 is 1.88 bits per heavy atom. The number of ether oxygens (including phenoxy) is 1. The van der Waals surface area contributed by atoms with Crippen molar-refractivity contribution in [2.45, 2.75) is 59.7 Å². The summed E-state index contributed by atoms with van der Waals surface area (Å²) in [6, 6.07) is 1.49. The van der Waals surface area contributed by atoms with Gasteiger partial charge in [-0.15, -0.1) is 0 Å². The molecule has 0 aliphatic carbocycles. The van der Waals surface area contributed by atoms with Crippen molar-refractivity contribution in [1.29, 1.82) is 0 Å². The molecule has 0 bridgehead atoms. The van der Waals surface area contributed by atoms with Gasteiger partial charge in [-0.05, 0) is 26.8 Å². The Hall–Kier alpha value is -1.66. The highest BCUT2D eigenvalue weighted by Crippen LogP contribution is 2.32. The Morgan fingerprint density at radius 3 is 2.38 bits per heavy atom. The normalized spacial score (nSPS) is 13.3. The van der Waals surface area contributed by atoms with E-state index in [1.54, 1.807) is 41.5 Å². The van der Waals surface area contributed by atoms with Gasteiger partial charge in [0.2, 0.25) is 5.91 Å². The lowest BCUT2D eigenvalue weighted by Crippen LogP contribution is -2.29. The van der Waals surface area contributed by atoms with Crippen molar-refractivity contribution >= 4 is 29.3 Å². The Bertz CT molecular complexity index is 618. The number of hydrogen-bond donors (Lipinski definition) is 2. The molecule has 1 amide bonds. The summed E-state index contributed by atoms with van der Waals surface area (Å²) in [4.78, 5) is 28.1. The van der Waals surface area contributed by atoms with Crippen LogP contribution in [0.5, 0.6) is 0 Å². The fourth-order valence-electron chi connectivity index (χ4n) is 1.80. The first kappa shape index (κ1) is 20.4. The number of aliphatic hydroxyl groups excluding tert-OH is 1. The quantitative estimate of drug-likeness (QED) is 0.806. The Morgan fingerprint density at radius 1 is 1.29 bits per heavy atom. The molecule has 0 unspecified atom stereocenters. The van der Waals surface area contributed by atoms with E-state index in [1.807, 2.05) is 0 Å². The number of aromatic nitrogens is 1. The second kappa shape index (κ2) is 7.49. The third-order valence-electron chi connectivity index (χ3n) is 2.96. The van der Waals surface area contributed by atoms with Crippen molar-refractivity contribution in [1.82, 2.24) is 4.98 Å². The van der Waals surface area contributed by atoms with E-state index in [4.69, 9.17) is 16.3 Å². The van der Waals surface area contributed by atoms with E-state index in [0.717, 1.165) is 0 Å². The average molecular weight is 357 g/mol. The van der Waals surface area contributed by atoms with Crippen LogP contribution in [0, 0.1) is 5.41 Å². The Balaban J connectivity index is 3.02. The van der Waals surface area contributed by atoms with Gasteiger partial charge in [0.15, 0.2) is 0 Å². The predicted molar refractivity (Wildman–Crippen MR) is 92.8 cm³/mol. The van der Waals surface area contributed by atoms with Gasteiger partial charge >= 0.3 is 5.97 Å². The highest BCUT2D eigenvalue weighted by atomic mass is 35.5. The molecule has 0 saturated carbocycles. The molecule has 1 heterocycles. The number of halogens is 1. The second-order valence-corrected chi connectivity index (χ2v) is 7.97. The minimum atomic E-state index is -1.24. The number of anilines is 1. The number of nitrogens with one attached hydrogen (secondary N) is 1. The number of carbonyl (C=O) groups is 2. The van der Waals surface area contributed by atoms with Crippen molar-refractivity contribution in [2.75, 3.05) is 5.32 Å². The largest absolute Gasteiger partial charge is 0.460 e. The summed E-state index contributed by atoms with van der Waals surface area (Å²) in [5.74, 6) is -0.704. The third kappa shape index (κ3) is 6.09. The fraction of sp³-hybridized carbons (Fsp3) is 0.588. The molecule has 0 saturated heterocycles. The summed E-state index contributed by atoms with van der Waals surface area (Å²) in [5.41, 5.74) is -1.10. The number of esters is 1. The van der Waals surface area contributed by atoms with Crippen LogP contribution in [0.3, 0.4) is 0 Å². The molecule has 0 aliphatic heterocycles. The maximum Gasteiger partial charge on any atom is 0.309 e. The molecule has 24 heavy (non-hydrogen) atoms. The van der Waals surface area contributed by atoms with Crippen molar-refractivity contribution in [3.8, 4) is 0 Å². The lowest BCUT2D eigenvalue weighted by Gasteiger charge is -2.23. The Kier molecular flexibility index (Phi) is 6.36. The highest BCUT2D eigenvalue weighted by Gasteiger charge is 2.27. The van der Waals surface area contributed by atoms with E-state index in [2.05, 4.69) is 10.3 Å². The van der Waals surface area contributed by atoms with Crippen LogP contribution < -0.4 is 5.32 Å². The third-order valence-corrected chi connectivity index (χ3v) is 3.29. The van der Waals surface area contributed by atoms with Gasteiger partial charge in [-0.3, -0.25) is 9.59 Å². The zero-order chi connectivity index (χ0) is 18.7. The maximum atomic E-state index is 12.2. The summed E-state index contributed by atoms with van der Waals surface area (Å²) < 4.78 is 5.20. The predicted octanol–water partition coefficient (Wildman–Crippen LogP) is 3.48. The molecule has 0 fully saturated rings. The molecule has 7 heteroatoms. The summed E-state index contributed by atoms with van der Waals surface area (Å²) in [5, 5.41) is 13.2. The molecule has 0 spiro atoms. The van der Waals surface area contributed by atoms with Crippen LogP contribution in [0.2, 0.25) is 5.02 Å². The molecule has 1 aromatic heterocycles. The maximum absolute atomic E-state index is 12.2. The number of hydrogen-bond acceptors (Lipinski definition) is 5. The van der Waals surface area contributed by atoms with Gasteiger partial charge in [-0.2, -0.15) is 0 Å². The van der Waals surface area contributed by atoms with E-state index in [0.29, 0.717) is 0 Å². The zero-order valence-electron chi connectivity index (χ0n) is 14.9. The molecule has 134 valence electrons. The molecule has 0 radical (unpaired) electrons. The minimum absolute atomic E-state index is 0.137. The number of pyridine rings is 1. The summed E-state index contributed by atoms with van der Waals surface area (Å²) in [7, 11) is 0. The Labute approximate surface area is 147 Å². The number of amides is 1. The SMILES string of the molecule is CC(C)(C)OC(=O)C[C@@H](O)c1c(Cl)ccnc1NC(=O)C(C)(C)C. The number of carbonyl (C=O) groups excluding carboxylic acids is 2. The van der Waals surface area contributed by atoms with Gasteiger partial charge in [0.1, 0.15) is 11.4 Å². The van der Waals surface area contributed by atoms with Crippen molar-refractivity contribution < 1.29 is 19.4 Å². The van der Waals surface area contributed by atoms with Crippen LogP contribution >= 0.6 is 11.6 Å². The van der Waals surface area contributed by atoms with E-state index in [-0.39, 0.29) is 28.7 Å². The van der Waals surface area contributed by atoms with Crippen LogP contribution in [-0.2, 0) is 14.3 Å². The number of aliphatic hydroxyl groups is 1. The lowest BCUT2D eigenvalue weighted by atomic mass is 9.95. The average Bonchev–Trinajstić information content (AvgIpc) is 2.34. The molecule has 0 aromatic carbocycles. The first-order chi connectivity index (χ1) is 10.8. The second-order valence-electron chi connectivity index (χ2n) is 7.57. The van der Waals surface area contributed by atoms with Gasteiger partial charge in [0, 0.05) is 17.2 Å². The molecule has 1 aromatic rings. The molecule has 1 atom stereocenters. The van der Waals surface area contributed by atoms with Crippen LogP contribution in [0.4, 0.5) is 5.82 Å². The zero-order valence-corrected chi connectivity index (χ0v) is 15.7. The first-order valence-electron chi connectivity index (χ1n) is 7.67. The van der Waals surface area contributed by atoms with Gasteiger partial charge in [0.05, 0.1) is 17.5 Å². The van der Waals surface area contributed by atoms with E-state index < -0.39 is 23.1 Å². The van der Waals surface area contributed by atoms with Crippen molar-refractivity contribution in [3.05, 3.63) is 22.8 Å². The number of nitrogens with zero attached hydrogens (tertiary/aromatic N) is 1. The van der Waals surface area contributed by atoms with Crippen LogP contribution in [-0.4, -0.2) is 27.6 Å². The number of rotatable bonds is 4. The molecule has 2 N–H and O–H groups in total. The van der Waals surface area contributed by atoms with Gasteiger partial charge in [-0.1, -0.05) is 32.4 Å². The van der Waals surface area contributed by atoms with Gasteiger partial charge in [-0.25, -0.2) is 4.98 Å². The summed E-state index contributed by atoms with van der Waals surface area (Å²) >= 11 is 6.14. The molecular weight excluding hydrogens is 332 g/mol.